The second kappa shape index (κ2) is 8.13. The van der Waals surface area contributed by atoms with Gasteiger partial charge in [0, 0.05) is 22.7 Å². The Balaban J connectivity index is 2.02. The maximum absolute atomic E-state index is 2.32. The molecule has 2 heteroatoms. The lowest BCUT2D eigenvalue weighted by molar-refractivity contribution is 0.389. The monoisotopic (exact) mass is 381 g/mol. The van der Waals surface area contributed by atoms with Crippen LogP contribution in [-0.4, -0.2) is 35.8 Å². The molecular weight excluding hydrogens is 354 g/mol. The summed E-state index contributed by atoms with van der Waals surface area (Å²) in [4.78, 5) is 2.32. The van der Waals surface area contributed by atoms with Gasteiger partial charge in [0.2, 0.25) is 0 Å². The van der Waals surface area contributed by atoms with Gasteiger partial charge in [0.05, 0.1) is 0 Å². The second-order valence-corrected chi connectivity index (χ2v) is 8.84. The molecule has 3 aromatic rings. The summed E-state index contributed by atoms with van der Waals surface area (Å²) in [6, 6.07) is 32.8. The van der Waals surface area contributed by atoms with Crippen molar-refractivity contribution in [3.8, 4) is 0 Å². The zero-order valence-electron chi connectivity index (χ0n) is 16.9. The highest BCUT2D eigenvalue weighted by Gasteiger charge is 2.33. The fourth-order valence-corrected chi connectivity index (χ4v) is 5.34. The Bertz CT molecular complexity index is 1000. The molecule has 0 radical (unpaired) electrons. The van der Waals surface area contributed by atoms with Crippen LogP contribution in [0.25, 0.3) is 16.7 Å². The molecule has 140 valence electrons. The molecule has 1 nitrogen and oxygen atoms in total. The van der Waals surface area contributed by atoms with Crippen LogP contribution in [0.1, 0.15) is 16.7 Å². The van der Waals surface area contributed by atoms with Crippen LogP contribution in [0, 0.1) is 5.92 Å². The molecule has 0 N–H and O–H groups in total. The van der Waals surface area contributed by atoms with Crippen LogP contribution in [-0.2, 0) is 0 Å². The highest BCUT2D eigenvalue weighted by atomic mass is 28.1. The zero-order chi connectivity index (χ0) is 19.5. The lowest BCUT2D eigenvalue weighted by atomic mass is 9.88. The SMILES string of the molecule is CN(C)CC1C([SiH3])=C(c2ccccc2)C(c2ccccc2)=C1c1ccccc1. The Morgan fingerprint density at radius 1 is 0.643 bits per heavy atom. The first-order valence-corrected chi connectivity index (χ1v) is 10.9. The summed E-state index contributed by atoms with van der Waals surface area (Å²) in [5.41, 5.74) is 8.33. The third-order valence-electron chi connectivity index (χ3n) is 5.54. The number of hydrogen-bond donors (Lipinski definition) is 0. The van der Waals surface area contributed by atoms with Crippen molar-refractivity contribution in [2.75, 3.05) is 20.6 Å². The molecule has 0 saturated carbocycles. The van der Waals surface area contributed by atoms with Crippen molar-refractivity contribution < 1.29 is 0 Å². The molecule has 28 heavy (non-hydrogen) atoms. The Morgan fingerprint density at radius 3 is 1.54 bits per heavy atom. The van der Waals surface area contributed by atoms with Crippen molar-refractivity contribution in [2.24, 2.45) is 5.92 Å². The van der Waals surface area contributed by atoms with E-state index in [2.05, 4.69) is 110 Å². The average molecular weight is 382 g/mol. The Hall–Kier alpha value is -2.68. The molecule has 1 unspecified atom stereocenters. The first kappa shape index (κ1) is 18.7. The summed E-state index contributed by atoms with van der Waals surface area (Å²) in [5.74, 6) is 0.439. The molecule has 0 heterocycles. The van der Waals surface area contributed by atoms with Crippen molar-refractivity contribution >= 4 is 27.0 Å². The third-order valence-corrected chi connectivity index (χ3v) is 6.74. The predicted octanol–water partition coefficient (Wildman–Crippen LogP) is 4.57. The summed E-state index contributed by atoms with van der Waals surface area (Å²) >= 11 is 0. The lowest BCUT2D eigenvalue weighted by Crippen LogP contribution is -2.23. The quantitative estimate of drug-likeness (QED) is 0.586. The van der Waals surface area contributed by atoms with Crippen LogP contribution >= 0.6 is 0 Å². The predicted molar refractivity (Wildman–Crippen MR) is 125 cm³/mol. The molecule has 1 aliphatic carbocycles. The van der Waals surface area contributed by atoms with Gasteiger partial charge in [-0.1, -0.05) is 96.2 Å². The normalized spacial score (nSPS) is 17.0. The fraction of sp³-hybridized carbons (Fsp3) is 0.154. The molecule has 0 aliphatic heterocycles. The van der Waals surface area contributed by atoms with Crippen molar-refractivity contribution in [3.05, 3.63) is 113 Å². The van der Waals surface area contributed by atoms with E-state index in [-0.39, 0.29) is 0 Å². The van der Waals surface area contributed by atoms with Crippen molar-refractivity contribution in [1.82, 2.24) is 4.90 Å². The Kier molecular flexibility index (Phi) is 5.42. The first-order chi connectivity index (χ1) is 13.7. The van der Waals surface area contributed by atoms with Gasteiger partial charge in [-0.15, -0.1) is 0 Å². The summed E-state index contributed by atoms with van der Waals surface area (Å²) in [5, 5.41) is 1.60. The summed E-state index contributed by atoms with van der Waals surface area (Å²) in [6.45, 7) is 1.04. The largest absolute Gasteiger partial charge is 0.308 e. The van der Waals surface area contributed by atoms with Crippen molar-refractivity contribution in [1.29, 1.82) is 0 Å². The molecule has 0 bridgehead atoms. The molecule has 1 atom stereocenters. The number of rotatable bonds is 5. The minimum atomic E-state index is 0.439. The molecule has 0 spiro atoms. The van der Waals surface area contributed by atoms with Gasteiger partial charge in [-0.2, -0.15) is 0 Å². The Labute approximate surface area is 171 Å². The van der Waals surface area contributed by atoms with E-state index in [1.165, 1.54) is 33.4 Å². The zero-order valence-corrected chi connectivity index (χ0v) is 18.9. The summed E-state index contributed by atoms with van der Waals surface area (Å²) in [6.07, 6.45) is 0. The standard InChI is InChI=1S/C26H27NSi/c1-27(2)18-22-23(19-12-6-3-7-13-19)24(20-14-8-4-9-15-20)25(26(22)28)21-16-10-5-11-17-21/h3-17,22H,18H2,1-2,28H3. The van der Waals surface area contributed by atoms with Crippen LogP contribution < -0.4 is 0 Å². The molecule has 0 aromatic heterocycles. The Morgan fingerprint density at radius 2 is 1.07 bits per heavy atom. The molecule has 1 aliphatic rings. The van der Waals surface area contributed by atoms with E-state index in [4.69, 9.17) is 0 Å². The number of benzene rings is 3. The topological polar surface area (TPSA) is 3.24 Å². The maximum atomic E-state index is 2.32. The summed E-state index contributed by atoms with van der Waals surface area (Å²) < 4.78 is 0. The first-order valence-electron chi connectivity index (χ1n) is 9.93. The van der Waals surface area contributed by atoms with Crippen molar-refractivity contribution in [2.45, 2.75) is 0 Å². The van der Waals surface area contributed by atoms with E-state index in [1.54, 1.807) is 5.20 Å². The second-order valence-electron chi connectivity index (χ2n) is 7.76. The van der Waals surface area contributed by atoms with E-state index in [9.17, 15) is 0 Å². The van der Waals surface area contributed by atoms with Crippen LogP contribution in [0.15, 0.2) is 96.2 Å². The van der Waals surface area contributed by atoms with Gasteiger partial charge in [-0.25, -0.2) is 0 Å². The molecular formula is C26H27NSi. The van der Waals surface area contributed by atoms with Gasteiger partial charge in [0.15, 0.2) is 0 Å². The molecule has 3 aromatic carbocycles. The van der Waals surface area contributed by atoms with Crippen LogP contribution in [0.3, 0.4) is 0 Å². The maximum Gasteiger partial charge on any atom is 0.0350 e. The van der Waals surface area contributed by atoms with Gasteiger partial charge in [0.1, 0.15) is 0 Å². The van der Waals surface area contributed by atoms with Gasteiger partial charge >= 0.3 is 0 Å². The average Bonchev–Trinajstić information content (AvgIpc) is 3.02. The van der Waals surface area contributed by atoms with Crippen LogP contribution in [0.2, 0.25) is 0 Å². The van der Waals surface area contributed by atoms with Gasteiger partial charge in [-0.3, -0.25) is 0 Å². The highest BCUT2D eigenvalue weighted by Crippen LogP contribution is 2.50. The minimum Gasteiger partial charge on any atom is -0.308 e. The minimum absolute atomic E-state index is 0.439. The van der Waals surface area contributed by atoms with Crippen LogP contribution in [0.4, 0.5) is 0 Å². The van der Waals surface area contributed by atoms with E-state index < -0.39 is 0 Å². The smallest absolute Gasteiger partial charge is 0.0350 e. The fourth-order valence-electron chi connectivity index (χ4n) is 4.33. The van der Waals surface area contributed by atoms with Gasteiger partial charge in [0.25, 0.3) is 0 Å². The number of allylic oxidation sites excluding steroid dienone is 2. The highest BCUT2D eigenvalue weighted by molar-refractivity contribution is 6.36. The molecule has 0 saturated heterocycles. The number of nitrogens with zero attached hydrogens (tertiary/aromatic N) is 1. The molecule has 0 amide bonds. The molecule has 0 fully saturated rings. The van der Waals surface area contributed by atoms with E-state index in [1.807, 2.05) is 0 Å². The van der Waals surface area contributed by atoms with Gasteiger partial charge < -0.3 is 4.90 Å². The van der Waals surface area contributed by atoms with Crippen molar-refractivity contribution in [3.63, 3.8) is 0 Å². The molecule has 4 rings (SSSR count). The van der Waals surface area contributed by atoms with E-state index >= 15 is 0 Å². The van der Waals surface area contributed by atoms with E-state index in [0.717, 1.165) is 16.8 Å². The van der Waals surface area contributed by atoms with Gasteiger partial charge in [-0.05, 0) is 47.5 Å². The lowest BCUT2D eigenvalue weighted by Gasteiger charge is -2.22. The van der Waals surface area contributed by atoms with Crippen LogP contribution in [0.5, 0.6) is 0 Å². The van der Waals surface area contributed by atoms with E-state index in [0.29, 0.717) is 5.92 Å². The number of hydrogen-bond acceptors (Lipinski definition) is 1. The summed E-state index contributed by atoms with van der Waals surface area (Å²) in [7, 11) is 5.41. The third kappa shape index (κ3) is 3.53.